The maximum atomic E-state index is 4.22. The molecule has 0 aliphatic carbocycles. The highest BCUT2D eigenvalue weighted by molar-refractivity contribution is 5.10. The highest BCUT2D eigenvalue weighted by atomic mass is 15.4. The van der Waals surface area contributed by atoms with Gasteiger partial charge in [0.2, 0.25) is 0 Å². The molecule has 0 aliphatic heterocycles. The minimum absolute atomic E-state index is 1.09. The predicted molar refractivity (Wildman–Crippen MR) is 58.2 cm³/mol. The van der Waals surface area contributed by atoms with Crippen LogP contribution in [-0.2, 0) is 19.9 Å². The average Bonchev–Trinajstić information content (AvgIpc) is 2.53. The van der Waals surface area contributed by atoms with E-state index in [1.807, 2.05) is 11.7 Å². The van der Waals surface area contributed by atoms with Crippen molar-refractivity contribution in [2.75, 3.05) is 0 Å². The summed E-state index contributed by atoms with van der Waals surface area (Å²) in [6.07, 6.45) is 7.13. The highest BCUT2D eigenvalue weighted by Gasteiger charge is 2.08. The van der Waals surface area contributed by atoms with Crippen LogP contribution in [0.15, 0.2) is 0 Å². The fraction of sp³-hybridized carbons (Fsp3) is 0.818. The quantitative estimate of drug-likeness (QED) is 0.698. The molecule has 0 unspecified atom stereocenters. The molecule has 0 amide bonds. The smallest absolute Gasteiger partial charge is 0.0859 e. The number of nitrogens with zero attached hydrogens (tertiary/aromatic N) is 3. The molecule has 0 aliphatic rings. The lowest BCUT2D eigenvalue weighted by atomic mass is 10.1. The van der Waals surface area contributed by atoms with E-state index in [2.05, 4.69) is 24.2 Å². The normalized spacial score (nSPS) is 10.8. The van der Waals surface area contributed by atoms with Crippen molar-refractivity contribution in [2.24, 2.45) is 7.05 Å². The molecular weight excluding hydrogens is 174 g/mol. The summed E-state index contributed by atoms with van der Waals surface area (Å²) >= 11 is 0. The predicted octanol–water partition coefficient (Wildman–Crippen LogP) is 2.50. The summed E-state index contributed by atoms with van der Waals surface area (Å²) in [6.45, 7) is 4.43. The summed E-state index contributed by atoms with van der Waals surface area (Å²) in [7, 11) is 1.99. The number of hydrogen-bond acceptors (Lipinski definition) is 2. The molecule has 0 aromatic carbocycles. The van der Waals surface area contributed by atoms with Crippen LogP contribution in [0.4, 0.5) is 0 Å². The van der Waals surface area contributed by atoms with Crippen molar-refractivity contribution in [2.45, 2.75) is 52.4 Å². The molecule has 1 heterocycles. The Morgan fingerprint density at radius 2 is 1.71 bits per heavy atom. The molecule has 3 nitrogen and oxygen atoms in total. The molecule has 14 heavy (non-hydrogen) atoms. The van der Waals surface area contributed by atoms with E-state index >= 15 is 0 Å². The van der Waals surface area contributed by atoms with Gasteiger partial charge in [-0.05, 0) is 25.7 Å². The summed E-state index contributed by atoms with van der Waals surface area (Å²) < 4.78 is 1.93. The van der Waals surface area contributed by atoms with Gasteiger partial charge in [-0.1, -0.05) is 31.9 Å². The number of rotatable bonds is 6. The summed E-state index contributed by atoms with van der Waals surface area (Å²) in [5, 5.41) is 8.31. The molecule has 0 bridgehead atoms. The van der Waals surface area contributed by atoms with Crippen molar-refractivity contribution in [3.8, 4) is 0 Å². The van der Waals surface area contributed by atoms with Crippen molar-refractivity contribution in [3.05, 3.63) is 11.4 Å². The molecule has 0 spiro atoms. The Bertz CT molecular complexity index is 265. The van der Waals surface area contributed by atoms with Gasteiger partial charge in [0.15, 0.2) is 0 Å². The van der Waals surface area contributed by atoms with E-state index < -0.39 is 0 Å². The molecule has 1 rings (SSSR count). The Kier molecular flexibility index (Phi) is 4.63. The lowest BCUT2D eigenvalue weighted by Gasteiger charge is -2.02. The Morgan fingerprint density at radius 3 is 2.36 bits per heavy atom. The third kappa shape index (κ3) is 2.82. The number of unbranched alkanes of at least 4 members (excludes halogenated alkanes) is 2. The van der Waals surface area contributed by atoms with Crippen LogP contribution in [0.2, 0.25) is 0 Å². The minimum atomic E-state index is 1.09. The second-order valence-corrected chi connectivity index (χ2v) is 3.81. The zero-order chi connectivity index (χ0) is 10.4. The van der Waals surface area contributed by atoms with Gasteiger partial charge >= 0.3 is 0 Å². The maximum Gasteiger partial charge on any atom is 0.0859 e. The molecule has 0 saturated carbocycles. The second kappa shape index (κ2) is 5.78. The fourth-order valence-electron chi connectivity index (χ4n) is 1.61. The Labute approximate surface area is 86.5 Å². The van der Waals surface area contributed by atoms with Gasteiger partial charge in [-0.15, -0.1) is 5.10 Å². The Balaban J connectivity index is 2.62. The molecule has 0 atom stereocenters. The van der Waals surface area contributed by atoms with E-state index in [-0.39, 0.29) is 0 Å². The number of hydrogen-bond donors (Lipinski definition) is 0. The van der Waals surface area contributed by atoms with E-state index in [4.69, 9.17) is 0 Å². The Morgan fingerprint density at radius 1 is 1.07 bits per heavy atom. The third-order valence-electron chi connectivity index (χ3n) is 2.56. The van der Waals surface area contributed by atoms with Gasteiger partial charge in [-0.2, -0.15) is 0 Å². The van der Waals surface area contributed by atoms with Crippen LogP contribution in [0.25, 0.3) is 0 Å². The van der Waals surface area contributed by atoms with Crippen molar-refractivity contribution in [1.29, 1.82) is 0 Å². The van der Waals surface area contributed by atoms with Gasteiger partial charge in [0.25, 0.3) is 0 Å². The molecule has 0 radical (unpaired) electrons. The standard InChI is InChI=1S/C11H21N3/c1-4-6-8-10-11(9-7-5-2)14(3)13-12-10/h4-9H2,1-3H3. The molecule has 1 aromatic heterocycles. The van der Waals surface area contributed by atoms with E-state index in [9.17, 15) is 0 Å². The van der Waals surface area contributed by atoms with E-state index in [1.165, 1.54) is 37.1 Å². The molecule has 3 heteroatoms. The van der Waals surface area contributed by atoms with Crippen LogP contribution in [0.1, 0.15) is 50.9 Å². The maximum absolute atomic E-state index is 4.22. The molecule has 0 saturated heterocycles. The van der Waals surface area contributed by atoms with Gasteiger partial charge in [-0.3, -0.25) is 4.68 Å². The SMILES string of the molecule is CCCCc1nnn(C)c1CCCC. The molecule has 0 fully saturated rings. The van der Waals surface area contributed by atoms with Gasteiger partial charge < -0.3 is 0 Å². The first-order valence-corrected chi connectivity index (χ1v) is 5.67. The first-order chi connectivity index (χ1) is 6.79. The number of aromatic nitrogens is 3. The van der Waals surface area contributed by atoms with Crippen LogP contribution in [-0.4, -0.2) is 15.0 Å². The average molecular weight is 195 g/mol. The van der Waals surface area contributed by atoms with E-state index in [0.29, 0.717) is 0 Å². The summed E-state index contributed by atoms with van der Waals surface area (Å²) in [4.78, 5) is 0. The summed E-state index contributed by atoms with van der Waals surface area (Å²) in [5.74, 6) is 0. The van der Waals surface area contributed by atoms with Gasteiger partial charge in [0.1, 0.15) is 0 Å². The minimum Gasteiger partial charge on any atom is -0.252 e. The number of aryl methyl sites for hydroxylation is 2. The lowest BCUT2D eigenvalue weighted by molar-refractivity contribution is 0.654. The first kappa shape index (κ1) is 11.2. The molecule has 0 N–H and O–H groups in total. The van der Waals surface area contributed by atoms with Crippen LogP contribution in [0.5, 0.6) is 0 Å². The van der Waals surface area contributed by atoms with Gasteiger partial charge in [0, 0.05) is 7.05 Å². The highest BCUT2D eigenvalue weighted by Crippen LogP contribution is 2.11. The first-order valence-electron chi connectivity index (χ1n) is 5.67. The van der Waals surface area contributed by atoms with Crippen LogP contribution in [0.3, 0.4) is 0 Å². The Hall–Kier alpha value is -0.860. The molecular formula is C11H21N3. The van der Waals surface area contributed by atoms with E-state index in [1.54, 1.807) is 0 Å². The van der Waals surface area contributed by atoms with Crippen molar-refractivity contribution in [1.82, 2.24) is 15.0 Å². The monoisotopic (exact) mass is 195 g/mol. The van der Waals surface area contributed by atoms with E-state index in [0.717, 1.165) is 12.8 Å². The largest absolute Gasteiger partial charge is 0.252 e. The summed E-state index contributed by atoms with van der Waals surface area (Å²) in [6, 6.07) is 0. The van der Waals surface area contributed by atoms with Crippen LogP contribution < -0.4 is 0 Å². The zero-order valence-corrected chi connectivity index (χ0v) is 9.58. The zero-order valence-electron chi connectivity index (χ0n) is 9.58. The fourth-order valence-corrected chi connectivity index (χ4v) is 1.61. The lowest BCUT2D eigenvalue weighted by Crippen LogP contribution is -2.00. The second-order valence-electron chi connectivity index (χ2n) is 3.81. The van der Waals surface area contributed by atoms with Crippen LogP contribution in [0, 0.1) is 0 Å². The third-order valence-corrected chi connectivity index (χ3v) is 2.56. The molecule has 1 aromatic rings. The van der Waals surface area contributed by atoms with Crippen LogP contribution >= 0.6 is 0 Å². The molecule has 80 valence electrons. The van der Waals surface area contributed by atoms with Gasteiger partial charge in [0.05, 0.1) is 11.4 Å². The van der Waals surface area contributed by atoms with Crippen molar-refractivity contribution < 1.29 is 0 Å². The van der Waals surface area contributed by atoms with Gasteiger partial charge in [-0.25, -0.2) is 0 Å². The summed E-state index contributed by atoms with van der Waals surface area (Å²) in [5.41, 5.74) is 2.54. The van der Waals surface area contributed by atoms with Crippen molar-refractivity contribution in [3.63, 3.8) is 0 Å². The topological polar surface area (TPSA) is 30.7 Å². The van der Waals surface area contributed by atoms with Crippen molar-refractivity contribution >= 4 is 0 Å².